The molecule has 0 aromatic heterocycles. The Morgan fingerprint density at radius 3 is 2.16 bits per heavy atom. The molecular weight excluding hydrogens is 572 g/mol. The number of hydrogen-bond donors (Lipinski definition) is 1. The predicted molar refractivity (Wildman–Crippen MR) is 148 cm³/mol. The molecule has 2 aromatic carbocycles. The zero-order chi connectivity index (χ0) is 30.8. The summed E-state index contributed by atoms with van der Waals surface area (Å²) in [6.45, 7) is 3.36. The highest BCUT2D eigenvalue weighted by Gasteiger charge is 2.48. The maximum atomic E-state index is 13.9. The molecule has 0 amide bonds. The second-order valence-electron chi connectivity index (χ2n) is 13.1. The Labute approximate surface area is 247 Å². The van der Waals surface area contributed by atoms with Crippen molar-refractivity contribution in [2.24, 2.45) is 17.8 Å². The highest BCUT2D eigenvalue weighted by molar-refractivity contribution is 5.71. The average molecular weight is 610 g/mol. The fourth-order valence-corrected chi connectivity index (χ4v) is 8.22. The molecule has 1 aliphatic carbocycles. The molecule has 1 saturated carbocycles. The average Bonchev–Trinajstić information content (AvgIpc) is 3.74. The van der Waals surface area contributed by atoms with Gasteiger partial charge in [-0.05, 0) is 117 Å². The summed E-state index contributed by atoms with van der Waals surface area (Å²) in [5.74, 6) is -0.0404. The second-order valence-corrected chi connectivity index (χ2v) is 13.1. The van der Waals surface area contributed by atoms with Crippen molar-refractivity contribution in [2.75, 3.05) is 0 Å². The molecule has 2 saturated heterocycles. The first-order valence-electron chi connectivity index (χ1n) is 15.3. The number of fused-ring (bicyclic) bond motifs is 3. The number of rotatable bonds is 7. The van der Waals surface area contributed by atoms with Gasteiger partial charge in [0.1, 0.15) is 11.9 Å². The Hall–Kier alpha value is -2.75. The number of aryl methyl sites for hydroxylation is 1. The molecule has 3 aliphatic heterocycles. The summed E-state index contributed by atoms with van der Waals surface area (Å²) in [6, 6.07) is 6.96. The van der Waals surface area contributed by atoms with Crippen molar-refractivity contribution in [3.63, 3.8) is 0 Å². The van der Waals surface area contributed by atoms with Crippen molar-refractivity contribution in [3.8, 4) is 5.75 Å². The van der Waals surface area contributed by atoms with Gasteiger partial charge in [-0.3, -0.25) is 9.69 Å². The van der Waals surface area contributed by atoms with Crippen LogP contribution >= 0.6 is 0 Å². The van der Waals surface area contributed by atoms with Crippen LogP contribution in [0.25, 0.3) is 0 Å². The van der Waals surface area contributed by atoms with Gasteiger partial charge in [0.25, 0.3) is 0 Å². The van der Waals surface area contributed by atoms with Crippen LogP contribution in [0.1, 0.15) is 98.6 Å². The molecule has 43 heavy (non-hydrogen) atoms. The molecule has 2 bridgehead atoms. The fourth-order valence-electron chi connectivity index (χ4n) is 8.22. The molecular formula is C33H37F6NO3. The van der Waals surface area contributed by atoms with Crippen molar-refractivity contribution in [2.45, 2.75) is 108 Å². The Bertz CT molecular complexity index is 1360. The highest BCUT2D eigenvalue weighted by Crippen LogP contribution is 2.50. The van der Waals surface area contributed by atoms with Crippen LogP contribution in [0.3, 0.4) is 0 Å². The van der Waals surface area contributed by atoms with E-state index in [1.807, 2.05) is 23.1 Å². The van der Waals surface area contributed by atoms with Crippen molar-refractivity contribution in [1.29, 1.82) is 0 Å². The summed E-state index contributed by atoms with van der Waals surface area (Å²) >= 11 is 0. The van der Waals surface area contributed by atoms with Crippen molar-refractivity contribution in [3.05, 3.63) is 64.2 Å². The van der Waals surface area contributed by atoms with Gasteiger partial charge in [0.15, 0.2) is 0 Å². The molecule has 3 fully saturated rings. The Kier molecular flexibility index (Phi) is 7.75. The Morgan fingerprint density at radius 2 is 1.58 bits per heavy atom. The molecule has 4 nitrogen and oxygen atoms in total. The smallest absolute Gasteiger partial charge is 0.416 e. The first-order chi connectivity index (χ1) is 20.2. The topological polar surface area (TPSA) is 49.8 Å². The van der Waals surface area contributed by atoms with E-state index >= 15 is 0 Å². The van der Waals surface area contributed by atoms with Crippen molar-refractivity contribution >= 4 is 5.97 Å². The zero-order valence-electron chi connectivity index (χ0n) is 24.2. The number of nitrogens with zero attached hydrogens (tertiary/aromatic N) is 1. The Balaban J connectivity index is 1.20. The molecule has 3 heterocycles. The van der Waals surface area contributed by atoms with E-state index in [0.29, 0.717) is 37.0 Å². The van der Waals surface area contributed by atoms with Crippen LogP contribution in [0.2, 0.25) is 0 Å². The van der Waals surface area contributed by atoms with E-state index in [-0.39, 0.29) is 35.6 Å². The summed E-state index contributed by atoms with van der Waals surface area (Å²) in [5.41, 5.74) is -0.328. The van der Waals surface area contributed by atoms with Crippen LogP contribution in [-0.2, 0) is 23.6 Å². The largest absolute Gasteiger partial charge is 0.490 e. The van der Waals surface area contributed by atoms with Crippen LogP contribution in [0.15, 0.2) is 36.4 Å². The van der Waals surface area contributed by atoms with Crippen LogP contribution in [0.5, 0.6) is 5.75 Å². The summed E-state index contributed by atoms with van der Waals surface area (Å²) < 4.78 is 88.7. The lowest BCUT2D eigenvalue weighted by atomic mass is 9.80. The van der Waals surface area contributed by atoms with Gasteiger partial charge in [-0.25, -0.2) is 0 Å². The number of piperidine rings is 1. The molecule has 234 valence electrons. The minimum absolute atomic E-state index is 0.0404. The van der Waals surface area contributed by atoms with E-state index in [2.05, 4.69) is 0 Å². The number of carbonyl (C=O) groups is 1. The molecule has 4 aliphatic rings. The minimum atomic E-state index is -4.76. The first kappa shape index (κ1) is 30.3. The van der Waals surface area contributed by atoms with Gasteiger partial charge in [-0.1, -0.05) is 19.1 Å². The lowest BCUT2D eigenvalue weighted by Crippen LogP contribution is -2.48. The number of carboxylic acids is 1. The number of alkyl halides is 6. The van der Waals surface area contributed by atoms with Gasteiger partial charge in [-0.15, -0.1) is 0 Å². The van der Waals surface area contributed by atoms with Gasteiger partial charge >= 0.3 is 18.3 Å². The second kappa shape index (κ2) is 11.0. The van der Waals surface area contributed by atoms with E-state index < -0.39 is 41.4 Å². The monoisotopic (exact) mass is 609 g/mol. The third kappa shape index (κ3) is 5.88. The first-order valence-corrected chi connectivity index (χ1v) is 15.3. The SMILES string of the molecule is C[C@H](C(=O)O)[C@H](c1ccc2c(c1)OC(C1CC3CCC(C1)N3[C@H](C)c1cc(C(F)(F)F)ccc1C(F)(F)F)CC2)C1CC1. The van der Waals surface area contributed by atoms with Gasteiger partial charge < -0.3 is 9.84 Å². The number of ether oxygens (including phenoxy) is 1. The summed E-state index contributed by atoms with van der Waals surface area (Å²) in [7, 11) is 0. The molecule has 6 rings (SSSR count). The normalized spacial score (nSPS) is 28.1. The standard InChI is InChI=1S/C33H37F6NO3/c1-17(31(41)42)30(20-4-5-20)21-6-3-19-7-12-28(43-29(19)15-21)22-13-24-9-10-25(14-22)40(24)18(2)26-16-23(32(34,35)36)8-11-27(26)33(37,38)39/h3,6,8,11,15-18,20,22,24-25,28,30H,4-5,7,9-10,12-14H2,1-2H3,(H,41,42)/t17-,18+,22?,24?,25?,28?,30-/m0/s1. The number of benzene rings is 2. The fraction of sp³-hybridized carbons (Fsp3) is 0.606. The number of carboxylic acid groups (broad SMARTS) is 1. The van der Waals surface area contributed by atoms with E-state index in [9.17, 15) is 36.2 Å². The van der Waals surface area contributed by atoms with Crippen LogP contribution in [-0.4, -0.2) is 34.2 Å². The molecule has 3 unspecified atom stereocenters. The quantitative estimate of drug-likeness (QED) is 0.320. The molecule has 0 spiro atoms. The Morgan fingerprint density at radius 1 is 0.907 bits per heavy atom. The predicted octanol–water partition coefficient (Wildman–Crippen LogP) is 8.64. The van der Waals surface area contributed by atoms with Gasteiger partial charge in [-0.2, -0.15) is 26.3 Å². The minimum Gasteiger partial charge on any atom is -0.490 e. The van der Waals surface area contributed by atoms with E-state index in [1.54, 1.807) is 13.8 Å². The lowest BCUT2D eigenvalue weighted by molar-refractivity contribution is -0.142. The summed E-state index contributed by atoms with van der Waals surface area (Å²) in [6.07, 6.45) is -2.88. The van der Waals surface area contributed by atoms with E-state index in [1.165, 1.54) is 0 Å². The number of aliphatic carboxylic acids is 1. The van der Waals surface area contributed by atoms with Crippen LogP contribution in [0, 0.1) is 17.8 Å². The molecule has 1 N–H and O–H groups in total. The molecule has 6 atom stereocenters. The summed E-state index contributed by atoms with van der Waals surface area (Å²) in [5, 5.41) is 9.69. The molecule has 10 heteroatoms. The van der Waals surface area contributed by atoms with Crippen LogP contribution < -0.4 is 4.74 Å². The highest BCUT2D eigenvalue weighted by atomic mass is 19.4. The number of halogens is 6. The number of hydrogen-bond acceptors (Lipinski definition) is 3. The van der Waals surface area contributed by atoms with Crippen LogP contribution in [0.4, 0.5) is 26.3 Å². The third-order valence-corrected chi connectivity index (χ3v) is 10.4. The maximum absolute atomic E-state index is 13.9. The maximum Gasteiger partial charge on any atom is 0.416 e. The van der Waals surface area contributed by atoms with Gasteiger partial charge in [0.2, 0.25) is 0 Å². The van der Waals surface area contributed by atoms with Gasteiger partial charge in [0.05, 0.1) is 17.0 Å². The van der Waals surface area contributed by atoms with Gasteiger partial charge in [0, 0.05) is 18.1 Å². The zero-order valence-corrected chi connectivity index (χ0v) is 24.2. The van der Waals surface area contributed by atoms with E-state index in [0.717, 1.165) is 55.4 Å². The lowest BCUT2D eigenvalue weighted by Gasteiger charge is -2.45. The van der Waals surface area contributed by atoms with Crippen molar-refractivity contribution < 1.29 is 41.0 Å². The molecule has 2 aromatic rings. The van der Waals surface area contributed by atoms with E-state index in [4.69, 9.17) is 4.74 Å². The van der Waals surface area contributed by atoms with Crippen molar-refractivity contribution in [1.82, 2.24) is 4.90 Å². The molecule has 0 radical (unpaired) electrons. The third-order valence-electron chi connectivity index (χ3n) is 10.4. The summed E-state index contributed by atoms with van der Waals surface area (Å²) in [4.78, 5) is 13.8.